The largest absolute Gasteiger partial charge is 0.360 e. The highest BCUT2D eigenvalue weighted by atomic mass is 19.1. The van der Waals surface area contributed by atoms with Crippen LogP contribution in [-0.4, -0.2) is 29.5 Å². The molecule has 0 saturated carbocycles. The van der Waals surface area contributed by atoms with E-state index in [0.717, 1.165) is 48.0 Å². The van der Waals surface area contributed by atoms with E-state index < -0.39 is 0 Å². The van der Waals surface area contributed by atoms with Crippen molar-refractivity contribution >= 4 is 28.7 Å². The second kappa shape index (κ2) is 10.0. The van der Waals surface area contributed by atoms with Crippen LogP contribution in [0.1, 0.15) is 53.7 Å². The number of allylic oxidation sites excluding steroid dienone is 1. The molecule has 0 radical (unpaired) electrons. The maximum atomic E-state index is 13.6. The van der Waals surface area contributed by atoms with Crippen LogP contribution in [0.4, 0.5) is 4.39 Å². The molecule has 2 heterocycles. The summed E-state index contributed by atoms with van der Waals surface area (Å²) < 4.78 is 21.3. The minimum absolute atomic E-state index is 0.0914. The molecule has 2 aromatic carbocycles. The van der Waals surface area contributed by atoms with Gasteiger partial charge in [-0.1, -0.05) is 18.2 Å². The number of halogens is 1. The molecule has 4 rings (SSSR count). The third-order valence-corrected chi connectivity index (χ3v) is 5.99. The topological polar surface area (TPSA) is 79.1 Å². The van der Waals surface area contributed by atoms with Crippen molar-refractivity contribution in [1.29, 1.82) is 5.41 Å². The summed E-state index contributed by atoms with van der Waals surface area (Å²) in [6.45, 7) is 2.56. The molecular weight excluding hydrogens is 419 g/mol. The molecule has 6 nitrogen and oxygen atoms in total. The number of fused-ring (bicyclic) bond motifs is 1. The summed E-state index contributed by atoms with van der Waals surface area (Å²) in [6.07, 6.45) is 7.73. The van der Waals surface area contributed by atoms with E-state index in [4.69, 9.17) is 10.1 Å². The van der Waals surface area contributed by atoms with E-state index in [1.54, 1.807) is 24.4 Å². The number of carbonyl (C=O) groups excluding carboxylic acids is 1. The van der Waals surface area contributed by atoms with Crippen molar-refractivity contribution in [3.05, 3.63) is 77.2 Å². The Kier molecular flexibility index (Phi) is 6.89. The molecule has 1 aromatic heterocycles. The van der Waals surface area contributed by atoms with Crippen molar-refractivity contribution in [1.82, 2.24) is 15.2 Å². The van der Waals surface area contributed by atoms with Gasteiger partial charge < -0.3 is 25.3 Å². The fourth-order valence-corrected chi connectivity index (χ4v) is 4.21. The van der Waals surface area contributed by atoms with Crippen LogP contribution < -0.4 is 10.6 Å². The Hall–Kier alpha value is -3.45. The van der Waals surface area contributed by atoms with Gasteiger partial charge in [-0.2, -0.15) is 0 Å². The molecule has 7 heteroatoms. The van der Waals surface area contributed by atoms with Crippen molar-refractivity contribution in [2.75, 3.05) is 6.61 Å². The number of hydrogen-bond acceptors (Lipinski definition) is 4. The number of aromatic nitrogens is 1. The Labute approximate surface area is 192 Å². The highest BCUT2D eigenvalue weighted by Crippen LogP contribution is 2.26. The van der Waals surface area contributed by atoms with E-state index >= 15 is 0 Å². The number of hydrogen-bond donors (Lipinski definition) is 3. The molecule has 172 valence electrons. The number of benzene rings is 2. The van der Waals surface area contributed by atoms with Crippen LogP contribution in [0.25, 0.3) is 16.6 Å². The first-order valence-electron chi connectivity index (χ1n) is 11.2. The summed E-state index contributed by atoms with van der Waals surface area (Å²) in [5, 5.41) is 14.8. The first-order chi connectivity index (χ1) is 16.0. The Bertz CT molecular complexity index is 1190. The molecule has 1 amide bonds. The maximum Gasteiger partial charge on any atom is 0.253 e. The number of nitrogens with one attached hydrogen (secondary N) is 3. The highest BCUT2D eigenvalue weighted by Gasteiger charge is 2.19. The van der Waals surface area contributed by atoms with Gasteiger partial charge in [0.2, 0.25) is 0 Å². The lowest BCUT2D eigenvalue weighted by atomic mass is 10.0. The van der Waals surface area contributed by atoms with Crippen LogP contribution in [0.5, 0.6) is 0 Å². The first-order valence-corrected chi connectivity index (χ1v) is 11.2. The van der Waals surface area contributed by atoms with Crippen molar-refractivity contribution in [2.45, 2.75) is 38.5 Å². The summed E-state index contributed by atoms with van der Waals surface area (Å²) in [7, 11) is 1.90. The molecule has 1 saturated heterocycles. The molecule has 1 aliphatic heterocycles. The fourth-order valence-electron chi connectivity index (χ4n) is 4.21. The average molecular weight is 449 g/mol. The van der Waals surface area contributed by atoms with Crippen LogP contribution in [0.3, 0.4) is 0 Å². The molecular formula is C26H29FN4O2. The number of nitrogens with zero attached hydrogens (tertiary/aromatic N) is 1. The smallest absolute Gasteiger partial charge is 0.253 e. The molecule has 0 bridgehead atoms. The lowest BCUT2D eigenvalue weighted by Crippen LogP contribution is -2.33. The Morgan fingerprint density at radius 1 is 1.27 bits per heavy atom. The zero-order chi connectivity index (χ0) is 23.4. The molecule has 2 unspecified atom stereocenters. The monoisotopic (exact) mass is 448 g/mol. The van der Waals surface area contributed by atoms with Gasteiger partial charge in [0.05, 0.1) is 11.6 Å². The zero-order valence-electron chi connectivity index (χ0n) is 18.9. The van der Waals surface area contributed by atoms with Crippen LogP contribution >= 0.6 is 0 Å². The normalized spacial score (nSPS) is 17.5. The summed E-state index contributed by atoms with van der Waals surface area (Å²) in [5.41, 5.74) is 3.82. The van der Waals surface area contributed by atoms with Gasteiger partial charge in [-0.3, -0.25) is 4.79 Å². The third-order valence-electron chi connectivity index (χ3n) is 5.99. The SMILES string of the molecule is CC(NC(=O)c1cn(C)c2ccc(/C(=C/C=N)NC3CCCCO3)cc12)c1cccc(F)c1. The van der Waals surface area contributed by atoms with Crippen LogP contribution in [0.2, 0.25) is 0 Å². The van der Waals surface area contributed by atoms with Crippen molar-refractivity contribution in [3.63, 3.8) is 0 Å². The number of aryl methyl sites for hydroxylation is 1. The van der Waals surface area contributed by atoms with Gasteiger partial charge in [-0.25, -0.2) is 4.39 Å². The summed E-state index contributed by atoms with van der Waals surface area (Å²) in [6, 6.07) is 11.8. The molecule has 3 N–H and O–H groups in total. The molecule has 1 fully saturated rings. The second-order valence-corrected chi connectivity index (χ2v) is 8.38. The Morgan fingerprint density at radius 2 is 2.12 bits per heavy atom. The average Bonchev–Trinajstić information content (AvgIpc) is 3.15. The predicted molar refractivity (Wildman–Crippen MR) is 129 cm³/mol. The summed E-state index contributed by atoms with van der Waals surface area (Å²) >= 11 is 0. The summed E-state index contributed by atoms with van der Waals surface area (Å²) in [5.74, 6) is -0.556. The van der Waals surface area contributed by atoms with Gasteiger partial charge in [0.15, 0.2) is 0 Å². The zero-order valence-corrected chi connectivity index (χ0v) is 18.9. The maximum absolute atomic E-state index is 13.6. The van der Waals surface area contributed by atoms with E-state index in [-0.39, 0.29) is 24.0 Å². The number of ether oxygens (including phenoxy) is 1. The van der Waals surface area contributed by atoms with Gasteiger partial charge in [0.25, 0.3) is 5.91 Å². The summed E-state index contributed by atoms with van der Waals surface area (Å²) in [4.78, 5) is 13.2. The highest BCUT2D eigenvalue weighted by molar-refractivity contribution is 6.07. The van der Waals surface area contributed by atoms with Gasteiger partial charge in [0.1, 0.15) is 12.0 Å². The van der Waals surface area contributed by atoms with Crippen LogP contribution in [-0.2, 0) is 11.8 Å². The van der Waals surface area contributed by atoms with E-state index in [2.05, 4.69) is 10.6 Å². The first kappa shape index (κ1) is 22.7. The second-order valence-electron chi connectivity index (χ2n) is 8.38. The van der Waals surface area contributed by atoms with Crippen molar-refractivity contribution < 1.29 is 13.9 Å². The lowest BCUT2D eigenvalue weighted by molar-refractivity contribution is 0.00533. The molecule has 33 heavy (non-hydrogen) atoms. The van der Waals surface area contributed by atoms with E-state index in [1.165, 1.54) is 18.3 Å². The van der Waals surface area contributed by atoms with E-state index in [9.17, 15) is 9.18 Å². The van der Waals surface area contributed by atoms with Crippen LogP contribution in [0, 0.1) is 11.2 Å². The predicted octanol–water partition coefficient (Wildman–Crippen LogP) is 4.92. The Morgan fingerprint density at radius 3 is 2.85 bits per heavy atom. The van der Waals surface area contributed by atoms with Crippen LogP contribution in [0.15, 0.2) is 54.7 Å². The minimum atomic E-state index is -0.342. The molecule has 1 aliphatic rings. The van der Waals surface area contributed by atoms with Crippen molar-refractivity contribution in [3.8, 4) is 0 Å². The number of amides is 1. The number of carbonyl (C=O) groups is 1. The third kappa shape index (κ3) is 5.14. The molecule has 3 aromatic rings. The van der Waals surface area contributed by atoms with E-state index in [0.29, 0.717) is 11.1 Å². The van der Waals surface area contributed by atoms with E-state index in [1.807, 2.05) is 36.7 Å². The molecule has 0 spiro atoms. The fraction of sp³-hybridized carbons (Fsp3) is 0.308. The molecule has 0 aliphatic carbocycles. The molecule has 2 atom stereocenters. The Balaban J connectivity index is 1.62. The minimum Gasteiger partial charge on any atom is -0.360 e. The van der Waals surface area contributed by atoms with Crippen molar-refractivity contribution in [2.24, 2.45) is 7.05 Å². The van der Waals surface area contributed by atoms with Gasteiger partial charge in [-0.15, -0.1) is 0 Å². The lowest BCUT2D eigenvalue weighted by Gasteiger charge is -2.26. The standard InChI is InChI=1S/C26H29FN4O2/c1-17(18-6-5-7-20(27)14-18)29-26(32)22-16-31(2)24-10-9-19(15-21(22)24)23(11-12-28)30-25-8-3-4-13-33-25/h5-7,9-12,14-17,25,28,30H,3-4,8,13H2,1-2H3,(H,29,32)/b23-11-,28-12?. The van der Waals surface area contributed by atoms with Gasteiger partial charge >= 0.3 is 0 Å². The van der Waals surface area contributed by atoms with Gasteiger partial charge in [-0.05, 0) is 67.7 Å². The van der Waals surface area contributed by atoms with Gasteiger partial charge in [0, 0.05) is 42.7 Å². The number of rotatable bonds is 7. The quantitative estimate of drug-likeness (QED) is 0.449.